The molecule has 2 heterocycles. The van der Waals surface area contributed by atoms with E-state index in [1.165, 1.54) is 0 Å². The smallest absolute Gasteiger partial charge is 0.309 e. The fourth-order valence-electron chi connectivity index (χ4n) is 11.6. The largest absolute Gasteiger partial charge is 0.417 e. The topological polar surface area (TPSA) is 33.6 Å². The Morgan fingerprint density at radius 2 is 0.634 bits per heavy atom. The van der Waals surface area contributed by atoms with Gasteiger partial charge in [0.2, 0.25) is 0 Å². The van der Waals surface area contributed by atoms with Crippen LogP contribution in [0, 0.1) is 39.0 Å². The van der Waals surface area contributed by atoms with Crippen molar-refractivity contribution in [1.82, 2.24) is 9.13 Å². The molecular weight excluding hydrogens is 1030 g/mol. The maximum atomic E-state index is 15.3. The second-order valence-corrected chi connectivity index (χ2v) is 21.4. The van der Waals surface area contributed by atoms with Crippen LogP contribution in [-0.4, -0.2) is 9.13 Å². The minimum atomic E-state index is -5.16. The Balaban J connectivity index is 1.13. The first kappa shape index (κ1) is 51.5. The van der Waals surface area contributed by atoms with Crippen LogP contribution in [0.1, 0.15) is 38.9 Å². The molecule has 0 atom stereocenters. The molecule has 3 nitrogen and oxygen atoms in total. The van der Waals surface area contributed by atoms with Gasteiger partial charge in [0.1, 0.15) is 0 Å². The van der Waals surface area contributed by atoms with Crippen LogP contribution in [0.15, 0.2) is 224 Å². The molecule has 0 unspecified atom stereocenters. The predicted octanol–water partition coefficient (Wildman–Crippen LogP) is 21.0. The van der Waals surface area contributed by atoms with Gasteiger partial charge in [0.25, 0.3) is 0 Å². The fraction of sp³-hybridized carbons (Fsp3) is 0.0822. The van der Waals surface area contributed by atoms with E-state index < -0.39 is 29.0 Å². The van der Waals surface area contributed by atoms with Gasteiger partial charge in [-0.3, -0.25) is 0 Å². The van der Waals surface area contributed by atoms with Gasteiger partial charge in [-0.1, -0.05) is 156 Å². The zero-order chi connectivity index (χ0) is 56.8. The molecule has 11 aromatic carbocycles. The zero-order valence-corrected chi connectivity index (χ0v) is 45.0. The summed E-state index contributed by atoms with van der Waals surface area (Å²) >= 11 is 0. The Bertz CT molecular complexity index is 4520. The third kappa shape index (κ3) is 9.16. The Kier molecular flexibility index (Phi) is 12.4. The van der Waals surface area contributed by atoms with Gasteiger partial charge in [-0.25, -0.2) is 0 Å². The van der Waals surface area contributed by atoms with Crippen LogP contribution in [0.25, 0.3) is 122 Å². The first-order valence-electron chi connectivity index (χ1n) is 26.9. The van der Waals surface area contributed by atoms with Gasteiger partial charge < -0.3 is 9.13 Å². The number of hydrogen-bond acceptors (Lipinski definition) is 1. The van der Waals surface area contributed by atoms with Crippen LogP contribution in [0.4, 0.5) is 26.3 Å². The van der Waals surface area contributed by atoms with E-state index in [4.69, 9.17) is 0 Å². The van der Waals surface area contributed by atoms with Crippen LogP contribution in [0.2, 0.25) is 0 Å². The molecule has 0 spiro atoms. The van der Waals surface area contributed by atoms with E-state index in [1.54, 1.807) is 30.3 Å². The summed E-state index contributed by atoms with van der Waals surface area (Å²) in [7, 11) is 0. The van der Waals surface area contributed by atoms with Gasteiger partial charge in [-0.05, 0) is 174 Å². The summed E-state index contributed by atoms with van der Waals surface area (Å²) in [6.07, 6.45) is -10.2. The van der Waals surface area contributed by atoms with Gasteiger partial charge >= 0.3 is 12.4 Å². The van der Waals surface area contributed by atoms with Crippen molar-refractivity contribution in [2.75, 3.05) is 0 Å². The summed E-state index contributed by atoms with van der Waals surface area (Å²) in [5.74, 6) is 0. The lowest BCUT2D eigenvalue weighted by molar-refractivity contribution is -0.142. The minimum absolute atomic E-state index is 0.0323. The number of nitriles is 1. The number of aryl methyl sites for hydroxylation is 4. The molecular formula is C73H49F6N3. The van der Waals surface area contributed by atoms with Crippen molar-refractivity contribution in [2.24, 2.45) is 0 Å². The number of nitrogens with zero attached hydrogens (tertiary/aromatic N) is 3. The summed E-state index contributed by atoms with van der Waals surface area (Å²) in [5.41, 5.74) is 15.0. The Hall–Kier alpha value is -9.91. The van der Waals surface area contributed by atoms with E-state index in [0.717, 1.165) is 116 Å². The van der Waals surface area contributed by atoms with Crippen LogP contribution < -0.4 is 0 Å². The van der Waals surface area contributed by atoms with Crippen molar-refractivity contribution < 1.29 is 26.3 Å². The third-order valence-corrected chi connectivity index (χ3v) is 15.9. The standard InChI is InChI=1S/C73H49F6N3/c1-43-5-14-48(15-6-43)52-22-30-67-60(36-52)61-37-53(49-16-7-44(2)8-17-49)23-31-68(61)81(67)66-29-13-47(42-80)35-59(66)64-40-56(58-28-27-57(72(74,75)76)41-65(58)73(77,78)79)26-34-71(64)82-69-32-24-54(50-18-9-45(3)10-19-50)38-62(69)63-39-55(25-33-70(63)82)51-20-11-46(4)12-21-51/h5-41H,1-4H3. The highest BCUT2D eigenvalue weighted by Gasteiger charge is 2.39. The molecule has 0 saturated carbocycles. The maximum Gasteiger partial charge on any atom is 0.417 e. The van der Waals surface area contributed by atoms with E-state index in [9.17, 15) is 18.4 Å². The van der Waals surface area contributed by atoms with Crippen LogP contribution in [0.3, 0.4) is 0 Å². The monoisotopic (exact) mass is 1080 g/mol. The first-order valence-corrected chi connectivity index (χ1v) is 26.9. The highest BCUT2D eigenvalue weighted by molar-refractivity contribution is 6.14. The fourth-order valence-corrected chi connectivity index (χ4v) is 11.6. The molecule has 0 N–H and O–H groups in total. The SMILES string of the molecule is Cc1ccc(-c2ccc3c(c2)c2cc(-c4ccc(C)cc4)ccc2n3-c2ccc(C#N)cc2-c2cc(-c3ccc(C(F)(F)F)cc3C(F)(F)F)ccc2-n2c3ccc(-c4ccc(C)cc4)cc3c3cc(-c4ccc(C)cc4)ccc32)cc1. The summed E-state index contributed by atoms with van der Waals surface area (Å²) in [6, 6.07) is 73.0. The van der Waals surface area contributed by atoms with Crippen molar-refractivity contribution in [3.63, 3.8) is 0 Å². The lowest BCUT2D eigenvalue weighted by Gasteiger charge is -2.21. The van der Waals surface area contributed by atoms with E-state index in [-0.39, 0.29) is 17.2 Å². The molecule has 9 heteroatoms. The molecule has 82 heavy (non-hydrogen) atoms. The molecule has 0 aliphatic heterocycles. The maximum absolute atomic E-state index is 15.3. The molecule has 398 valence electrons. The quantitative estimate of drug-likeness (QED) is 0.140. The molecule has 0 amide bonds. The average Bonchev–Trinajstić information content (AvgIpc) is 3.24. The van der Waals surface area contributed by atoms with Crippen molar-refractivity contribution in [1.29, 1.82) is 5.26 Å². The average molecular weight is 1080 g/mol. The van der Waals surface area contributed by atoms with E-state index in [2.05, 4.69) is 185 Å². The predicted molar refractivity (Wildman–Crippen MR) is 321 cm³/mol. The first-order chi connectivity index (χ1) is 39.5. The molecule has 0 aliphatic carbocycles. The number of fused-ring (bicyclic) bond motifs is 6. The lowest BCUT2D eigenvalue weighted by Crippen LogP contribution is -2.12. The molecule has 2 aromatic heterocycles. The van der Waals surface area contributed by atoms with Gasteiger partial charge in [0.05, 0.1) is 56.2 Å². The molecule has 0 fully saturated rings. The van der Waals surface area contributed by atoms with Gasteiger partial charge in [-0.2, -0.15) is 31.6 Å². The van der Waals surface area contributed by atoms with E-state index in [0.29, 0.717) is 28.6 Å². The number of benzene rings is 11. The van der Waals surface area contributed by atoms with Crippen molar-refractivity contribution in [3.8, 4) is 84.2 Å². The lowest BCUT2D eigenvalue weighted by atomic mass is 9.91. The van der Waals surface area contributed by atoms with Crippen molar-refractivity contribution in [3.05, 3.63) is 263 Å². The van der Waals surface area contributed by atoms with Gasteiger partial charge in [-0.15, -0.1) is 0 Å². The van der Waals surface area contributed by atoms with Gasteiger partial charge in [0.15, 0.2) is 0 Å². The van der Waals surface area contributed by atoms with Crippen molar-refractivity contribution in [2.45, 2.75) is 40.0 Å². The van der Waals surface area contributed by atoms with Crippen LogP contribution >= 0.6 is 0 Å². The van der Waals surface area contributed by atoms with Crippen LogP contribution in [0.5, 0.6) is 0 Å². The number of hydrogen-bond donors (Lipinski definition) is 0. The molecule has 0 radical (unpaired) electrons. The summed E-state index contributed by atoms with van der Waals surface area (Å²) in [6.45, 7) is 8.19. The van der Waals surface area contributed by atoms with Crippen LogP contribution in [-0.2, 0) is 12.4 Å². The highest BCUT2D eigenvalue weighted by Crippen LogP contribution is 2.47. The number of halogens is 6. The number of alkyl halides is 6. The Labute approximate surface area is 469 Å². The third-order valence-electron chi connectivity index (χ3n) is 15.9. The molecule has 13 aromatic rings. The van der Waals surface area contributed by atoms with Crippen molar-refractivity contribution >= 4 is 43.6 Å². The highest BCUT2D eigenvalue weighted by atomic mass is 19.4. The second kappa shape index (κ2) is 19.7. The molecule has 0 bridgehead atoms. The zero-order valence-electron chi connectivity index (χ0n) is 45.0. The van der Waals surface area contributed by atoms with E-state index >= 15 is 13.2 Å². The summed E-state index contributed by atoms with van der Waals surface area (Å²) < 4.78 is 92.8. The number of aromatic nitrogens is 2. The van der Waals surface area contributed by atoms with Gasteiger partial charge in [0, 0.05) is 32.7 Å². The summed E-state index contributed by atoms with van der Waals surface area (Å²) in [4.78, 5) is 0. The minimum Gasteiger partial charge on any atom is -0.309 e. The second-order valence-electron chi connectivity index (χ2n) is 21.4. The molecule has 0 aliphatic rings. The Morgan fingerprint density at radius 1 is 0.305 bits per heavy atom. The summed E-state index contributed by atoms with van der Waals surface area (Å²) in [5, 5.41) is 14.5. The van der Waals surface area contributed by atoms with E-state index in [1.807, 2.05) is 33.8 Å². The molecule has 0 saturated heterocycles. The normalized spacial score (nSPS) is 12.0. The Morgan fingerprint density at radius 3 is 0.976 bits per heavy atom. The number of rotatable bonds is 8. The molecule has 13 rings (SSSR count).